The number of carboxylic acid groups (broad SMARTS) is 1. The molecule has 2 aromatic rings. The van der Waals surface area contributed by atoms with Crippen molar-refractivity contribution in [2.24, 2.45) is 0 Å². The summed E-state index contributed by atoms with van der Waals surface area (Å²) in [5.41, 5.74) is 3.15. The van der Waals surface area contributed by atoms with Crippen LogP contribution in [0.25, 0.3) is 0 Å². The van der Waals surface area contributed by atoms with Crippen molar-refractivity contribution in [3.63, 3.8) is 0 Å². The first kappa shape index (κ1) is 19.1. The molecule has 27 heavy (non-hydrogen) atoms. The second-order valence-electron chi connectivity index (χ2n) is 6.88. The van der Waals surface area contributed by atoms with Gasteiger partial charge in [-0.15, -0.1) is 0 Å². The highest BCUT2D eigenvalue weighted by molar-refractivity contribution is 5.72. The molecule has 0 saturated carbocycles. The molecule has 1 aromatic heterocycles. The number of aromatic nitrogens is 2. The van der Waals surface area contributed by atoms with Gasteiger partial charge in [0.15, 0.2) is 6.10 Å². The van der Waals surface area contributed by atoms with Gasteiger partial charge in [-0.3, -0.25) is 4.90 Å². The number of rotatable bonds is 6. The molecule has 2 heterocycles. The summed E-state index contributed by atoms with van der Waals surface area (Å²) < 4.78 is 5.61. The van der Waals surface area contributed by atoms with Gasteiger partial charge in [0.1, 0.15) is 17.9 Å². The number of nitrogens with zero attached hydrogens (tertiary/aromatic N) is 4. The van der Waals surface area contributed by atoms with Crippen LogP contribution in [0.4, 0.5) is 5.82 Å². The maximum Gasteiger partial charge on any atom is 0.344 e. The molecule has 0 unspecified atom stereocenters. The molecule has 7 nitrogen and oxygen atoms in total. The summed E-state index contributed by atoms with van der Waals surface area (Å²) in [5, 5.41) is 9.08. The Hall–Kier alpha value is -2.67. The maximum atomic E-state index is 11.1. The molecule has 1 N–H and O–H groups in total. The summed E-state index contributed by atoms with van der Waals surface area (Å²) in [7, 11) is 0. The second kappa shape index (κ2) is 8.35. The number of aryl methyl sites for hydroxylation is 1. The smallest absolute Gasteiger partial charge is 0.344 e. The van der Waals surface area contributed by atoms with E-state index in [1.54, 1.807) is 13.3 Å². The molecular formula is C20H26N4O3. The van der Waals surface area contributed by atoms with E-state index in [2.05, 4.69) is 26.7 Å². The van der Waals surface area contributed by atoms with E-state index in [4.69, 9.17) is 9.84 Å². The van der Waals surface area contributed by atoms with Crippen molar-refractivity contribution in [3.8, 4) is 5.75 Å². The van der Waals surface area contributed by atoms with Crippen LogP contribution >= 0.6 is 0 Å². The molecule has 0 bridgehead atoms. The number of para-hydroxylation sites is 1. The van der Waals surface area contributed by atoms with Crippen LogP contribution in [-0.4, -0.2) is 58.2 Å². The third kappa shape index (κ3) is 4.54. The lowest BCUT2D eigenvalue weighted by Gasteiger charge is -2.36. The number of ether oxygens (including phenoxy) is 1. The van der Waals surface area contributed by atoms with Crippen LogP contribution in [0.3, 0.4) is 0 Å². The zero-order valence-electron chi connectivity index (χ0n) is 16.1. The minimum atomic E-state index is -0.964. The van der Waals surface area contributed by atoms with E-state index in [0.717, 1.165) is 55.4 Å². The highest BCUT2D eigenvalue weighted by atomic mass is 16.5. The second-order valence-corrected chi connectivity index (χ2v) is 6.88. The van der Waals surface area contributed by atoms with Gasteiger partial charge in [0, 0.05) is 49.5 Å². The molecule has 1 fully saturated rings. The van der Waals surface area contributed by atoms with Gasteiger partial charge in [0.2, 0.25) is 0 Å². The molecule has 0 radical (unpaired) electrons. The summed E-state index contributed by atoms with van der Waals surface area (Å²) in [5.74, 6) is 0.687. The van der Waals surface area contributed by atoms with Crippen molar-refractivity contribution < 1.29 is 14.6 Å². The average molecular weight is 370 g/mol. The van der Waals surface area contributed by atoms with E-state index < -0.39 is 12.1 Å². The third-order valence-corrected chi connectivity index (χ3v) is 5.00. The zero-order valence-corrected chi connectivity index (χ0v) is 16.1. The number of anilines is 1. The van der Waals surface area contributed by atoms with Gasteiger partial charge >= 0.3 is 5.97 Å². The first-order valence-electron chi connectivity index (χ1n) is 9.18. The van der Waals surface area contributed by atoms with E-state index in [9.17, 15) is 4.79 Å². The molecule has 0 amide bonds. The summed E-state index contributed by atoms with van der Waals surface area (Å²) in [6.07, 6.45) is 0.758. The molecule has 3 rings (SSSR count). The van der Waals surface area contributed by atoms with E-state index in [0.29, 0.717) is 5.75 Å². The van der Waals surface area contributed by atoms with E-state index in [1.807, 2.05) is 31.2 Å². The molecular weight excluding hydrogens is 344 g/mol. The van der Waals surface area contributed by atoms with Crippen molar-refractivity contribution in [2.45, 2.75) is 33.4 Å². The van der Waals surface area contributed by atoms with Crippen molar-refractivity contribution >= 4 is 11.8 Å². The van der Waals surface area contributed by atoms with Gasteiger partial charge in [-0.1, -0.05) is 18.2 Å². The quantitative estimate of drug-likeness (QED) is 0.835. The van der Waals surface area contributed by atoms with Crippen LogP contribution in [0, 0.1) is 13.8 Å². The number of hydrogen-bond acceptors (Lipinski definition) is 6. The Labute approximate surface area is 159 Å². The fraction of sp³-hybridized carbons (Fsp3) is 0.450. The minimum absolute atomic E-state index is 0.636. The number of hydrogen-bond donors (Lipinski definition) is 1. The molecule has 1 saturated heterocycles. The Bertz CT molecular complexity index is 804. The van der Waals surface area contributed by atoms with Gasteiger partial charge in [0.05, 0.1) is 0 Å². The number of piperazine rings is 1. The fourth-order valence-corrected chi connectivity index (χ4v) is 3.19. The monoisotopic (exact) mass is 370 g/mol. The van der Waals surface area contributed by atoms with Crippen LogP contribution < -0.4 is 9.64 Å². The molecule has 1 atom stereocenters. The first-order chi connectivity index (χ1) is 13.0. The molecule has 144 valence electrons. The summed E-state index contributed by atoms with van der Waals surface area (Å²) >= 11 is 0. The Morgan fingerprint density at radius 2 is 1.89 bits per heavy atom. The fourth-order valence-electron chi connectivity index (χ4n) is 3.19. The molecule has 1 aliphatic rings. The lowest BCUT2D eigenvalue weighted by molar-refractivity contribution is -0.144. The van der Waals surface area contributed by atoms with Crippen LogP contribution in [0.2, 0.25) is 0 Å². The summed E-state index contributed by atoms with van der Waals surface area (Å²) in [6.45, 7) is 9.95. The highest BCUT2D eigenvalue weighted by Gasteiger charge is 2.21. The van der Waals surface area contributed by atoms with E-state index in [1.165, 1.54) is 0 Å². The largest absolute Gasteiger partial charge is 0.479 e. The number of carbonyl (C=O) groups is 1. The molecule has 7 heteroatoms. The van der Waals surface area contributed by atoms with Crippen LogP contribution in [0.5, 0.6) is 5.75 Å². The highest BCUT2D eigenvalue weighted by Crippen LogP contribution is 2.24. The Balaban J connectivity index is 1.63. The molecule has 0 aliphatic carbocycles. The topological polar surface area (TPSA) is 78.8 Å². The van der Waals surface area contributed by atoms with Gasteiger partial charge in [0.25, 0.3) is 0 Å². The predicted octanol–water partition coefficient (Wildman–Crippen LogP) is 2.27. The van der Waals surface area contributed by atoms with Crippen LogP contribution in [-0.2, 0) is 11.3 Å². The molecule has 1 aromatic carbocycles. The van der Waals surface area contributed by atoms with Crippen molar-refractivity contribution in [1.29, 1.82) is 0 Å². The Morgan fingerprint density at radius 3 is 2.59 bits per heavy atom. The van der Waals surface area contributed by atoms with Gasteiger partial charge in [-0.05, 0) is 26.8 Å². The van der Waals surface area contributed by atoms with Crippen molar-refractivity contribution in [1.82, 2.24) is 14.9 Å². The molecule has 0 spiro atoms. The Kier molecular flexibility index (Phi) is 5.91. The Morgan fingerprint density at radius 1 is 1.19 bits per heavy atom. The molecule has 1 aliphatic heterocycles. The maximum absolute atomic E-state index is 11.1. The van der Waals surface area contributed by atoms with E-state index in [-0.39, 0.29) is 0 Å². The lowest BCUT2D eigenvalue weighted by atomic mass is 10.1. The first-order valence-corrected chi connectivity index (χ1v) is 9.18. The normalized spacial score (nSPS) is 16.2. The average Bonchev–Trinajstić information content (AvgIpc) is 2.66. The summed E-state index contributed by atoms with van der Waals surface area (Å²) in [4.78, 5) is 24.4. The number of benzene rings is 1. The SMILES string of the molecule is Cc1ncnc(N2CCN(Cc3ccccc3O[C@@H](C)C(=O)O)CC2)c1C. The minimum Gasteiger partial charge on any atom is -0.479 e. The lowest BCUT2D eigenvalue weighted by Crippen LogP contribution is -2.46. The van der Waals surface area contributed by atoms with Gasteiger partial charge < -0.3 is 14.7 Å². The number of carboxylic acids is 1. The zero-order chi connectivity index (χ0) is 19.4. The summed E-state index contributed by atoms with van der Waals surface area (Å²) in [6, 6.07) is 7.65. The van der Waals surface area contributed by atoms with Gasteiger partial charge in [-0.2, -0.15) is 0 Å². The third-order valence-electron chi connectivity index (χ3n) is 5.00. The van der Waals surface area contributed by atoms with Crippen molar-refractivity contribution in [3.05, 3.63) is 47.4 Å². The van der Waals surface area contributed by atoms with Gasteiger partial charge in [-0.25, -0.2) is 14.8 Å². The predicted molar refractivity (Wildman–Crippen MR) is 103 cm³/mol. The van der Waals surface area contributed by atoms with Crippen LogP contribution in [0.1, 0.15) is 23.7 Å². The van der Waals surface area contributed by atoms with E-state index >= 15 is 0 Å². The standard InChI is InChI=1S/C20H26N4O3/c1-14-15(2)21-13-22-19(14)24-10-8-23(9-11-24)12-17-6-4-5-7-18(17)27-16(3)20(25)26/h4-7,13,16H,8-12H2,1-3H3,(H,25,26)/t16-/m0/s1. The van der Waals surface area contributed by atoms with Crippen molar-refractivity contribution in [2.75, 3.05) is 31.1 Å². The number of aliphatic carboxylic acids is 1. The van der Waals surface area contributed by atoms with Crippen LogP contribution in [0.15, 0.2) is 30.6 Å².